The fraction of sp³-hybridized carbons (Fsp3) is 0.429. The van der Waals surface area contributed by atoms with Crippen molar-refractivity contribution in [2.75, 3.05) is 0 Å². The number of hydrogen-bond donors (Lipinski definition) is 2. The number of rotatable bonds is 7. The summed E-state index contributed by atoms with van der Waals surface area (Å²) in [7, 11) is 1.77. The van der Waals surface area contributed by atoms with Crippen LogP contribution < -0.4 is 10.6 Å². The second-order valence-electron chi connectivity index (χ2n) is 7.88. The summed E-state index contributed by atoms with van der Waals surface area (Å²) < 4.78 is 6.90. The summed E-state index contributed by atoms with van der Waals surface area (Å²) in [6, 6.07) is 7.36. The smallest absolute Gasteiger partial charge is 0.308 e. The van der Waals surface area contributed by atoms with Gasteiger partial charge in [0.15, 0.2) is 0 Å². The van der Waals surface area contributed by atoms with Gasteiger partial charge in [0.1, 0.15) is 23.6 Å². The molecule has 2 amide bonds. The number of carbonyl (C=O) groups is 4. The van der Waals surface area contributed by atoms with Gasteiger partial charge >= 0.3 is 5.97 Å². The van der Waals surface area contributed by atoms with Gasteiger partial charge in [-0.2, -0.15) is 0 Å². The molecule has 0 saturated carbocycles. The first-order valence-electron chi connectivity index (χ1n) is 9.34. The normalized spacial score (nSPS) is 13.4. The third-order valence-corrected chi connectivity index (χ3v) is 4.22. The Balaban J connectivity index is 1.98. The summed E-state index contributed by atoms with van der Waals surface area (Å²) in [4.78, 5) is 48.0. The average molecular weight is 401 g/mol. The van der Waals surface area contributed by atoms with Crippen molar-refractivity contribution < 1.29 is 23.9 Å². The van der Waals surface area contributed by atoms with E-state index in [2.05, 4.69) is 10.6 Å². The van der Waals surface area contributed by atoms with Crippen LogP contribution in [-0.4, -0.2) is 46.3 Å². The van der Waals surface area contributed by atoms with E-state index in [9.17, 15) is 19.2 Å². The molecule has 1 heterocycles. The molecule has 0 aliphatic heterocycles. The van der Waals surface area contributed by atoms with Crippen molar-refractivity contribution in [2.24, 2.45) is 7.05 Å². The van der Waals surface area contributed by atoms with Crippen molar-refractivity contribution in [3.8, 4) is 0 Å². The molecular weight excluding hydrogens is 374 g/mol. The molecule has 1 aromatic carbocycles. The molecule has 2 aromatic rings. The monoisotopic (exact) mass is 401 g/mol. The van der Waals surface area contributed by atoms with Gasteiger partial charge in [-0.15, -0.1) is 0 Å². The number of fused-ring (bicyclic) bond motifs is 1. The molecule has 0 saturated heterocycles. The number of nitrogens with one attached hydrogen (secondary N) is 2. The van der Waals surface area contributed by atoms with E-state index in [0.717, 1.165) is 10.9 Å². The van der Waals surface area contributed by atoms with E-state index in [4.69, 9.17) is 4.74 Å². The average Bonchev–Trinajstić information content (AvgIpc) is 2.96. The minimum atomic E-state index is -1.03. The highest BCUT2D eigenvalue weighted by molar-refractivity contribution is 6.00. The predicted octanol–water partition coefficient (Wildman–Crippen LogP) is 1.71. The van der Waals surface area contributed by atoms with E-state index in [1.807, 2.05) is 24.3 Å². The van der Waals surface area contributed by atoms with Gasteiger partial charge in [0.05, 0.1) is 12.5 Å². The van der Waals surface area contributed by atoms with Gasteiger partial charge in [-0.25, -0.2) is 0 Å². The lowest BCUT2D eigenvalue weighted by Gasteiger charge is -2.21. The molecular formula is C21H27N3O5. The van der Waals surface area contributed by atoms with E-state index in [-0.39, 0.29) is 6.42 Å². The van der Waals surface area contributed by atoms with Crippen LogP contribution in [0.3, 0.4) is 0 Å². The van der Waals surface area contributed by atoms with Crippen molar-refractivity contribution >= 4 is 35.0 Å². The van der Waals surface area contributed by atoms with Crippen LogP contribution >= 0.6 is 0 Å². The Morgan fingerprint density at radius 1 is 1.17 bits per heavy atom. The van der Waals surface area contributed by atoms with Crippen LogP contribution in [0.15, 0.2) is 30.3 Å². The Bertz CT molecular complexity index is 926. The first-order chi connectivity index (χ1) is 13.5. The van der Waals surface area contributed by atoms with Gasteiger partial charge in [-0.3, -0.25) is 14.4 Å². The minimum Gasteiger partial charge on any atom is -0.460 e. The largest absolute Gasteiger partial charge is 0.460 e. The standard InChI is InChI=1S/C21H27N3O5/c1-13(19(27)23-15(12-25)11-18(26)29-21(2,3)4)22-20(28)17-10-14-8-6-7-9-16(14)24(17)5/h6-10,12-13,15H,11H2,1-5H3,(H,22,28)(H,23,27)/t13-,15-/m0/s1. The topological polar surface area (TPSA) is 107 Å². The van der Waals surface area contributed by atoms with Crippen LogP contribution in [-0.2, 0) is 26.2 Å². The highest BCUT2D eigenvalue weighted by Crippen LogP contribution is 2.18. The number of ether oxygens (including phenoxy) is 1. The van der Waals surface area contributed by atoms with Crippen molar-refractivity contribution in [3.63, 3.8) is 0 Å². The Labute approximate surface area is 169 Å². The maximum absolute atomic E-state index is 12.6. The van der Waals surface area contributed by atoms with E-state index < -0.39 is 35.5 Å². The molecule has 0 fully saturated rings. The molecule has 8 nitrogen and oxygen atoms in total. The third kappa shape index (κ3) is 5.91. The molecule has 29 heavy (non-hydrogen) atoms. The quantitative estimate of drug-likeness (QED) is 0.543. The molecule has 0 unspecified atom stereocenters. The maximum atomic E-state index is 12.6. The van der Waals surface area contributed by atoms with Gasteiger partial charge in [0, 0.05) is 18.0 Å². The van der Waals surface area contributed by atoms with E-state index in [1.54, 1.807) is 38.5 Å². The number of esters is 1. The lowest BCUT2D eigenvalue weighted by atomic mass is 10.1. The van der Waals surface area contributed by atoms with E-state index in [1.165, 1.54) is 6.92 Å². The number of aldehydes is 1. The van der Waals surface area contributed by atoms with Crippen molar-refractivity contribution in [1.29, 1.82) is 0 Å². The summed E-state index contributed by atoms with van der Waals surface area (Å²) in [6.07, 6.45) is 0.191. The summed E-state index contributed by atoms with van der Waals surface area (Å²) >= 11 is 0. The fourth-order valence-electron chi connectivity index (χ4n) is 2.85. The molecule has 2 N–H and O–H groups in total. The van der Waals surface area contributed by atoms with Gasteiger partial charge in [0.2, 0.25) is 5.91 Å². The zero-order valence-corrected chi connectivity index (χ0v) is 17.3. The second kappa shape index (κ2) is 8.89. The number of hydrogen-bond acceptors (Lipinski definition) is 5. The molecule has 8 heteroatoms. The van der Waals surface area contributed by atoms with Crippen molar-refractivity contribution in [2.45, 2.75) is 51.8 Å². The maximum Gasteiger partial charge on any atom is 0.308 e. The summed E-state index contributed by atoms with van der Waals surface area (Å²) in [5.41, 5.74) is 0.619. The van der Waals surface area contributed by atoms with Crippen LogP contribution in [0.5, 0.6) is 0 Å². The lowest BCUT2D eigenvalue weighted by Crippen LogP contribution is -2.49. The number of para-hydroxylation sites is 1. The van der Waals surface area contributed by atoms with Crippen LogP contribution in [0.2, 0.25) is 0 Å². The van der Waals surface area contributed by atoms with Crippen molar-refractivity contribution in [3.05, 3.63) is 36.0 Å². The number of nitrogens with zero attached hydrogens (tertiary/aromatic N) is 1. The van der Waals surface area contributed by atoms with Crippen LogP contribution in [0.4, 0.5) is 0 Å². The number of aryl methyl sites for hydroxylation is 1. The summed E-state index contributed by atoms with van der Waals surface area (Å²) in [5, 5.41) is 5.98. The fourth-order valence-corrected chi connectivity index (χ4v) is 2.85. The Hall–Kier alpha value is -3.16. The molecule has 0 aliphatic carbocycles. The van der Waals surface area contributed by atoms with Crippen molar-refractivity contribution in [1.82, 2.24) is 15.2 Å². The first kappa shape index (κ1) is 22.1. The van der Waals surface area contributed by atoms with Crippen LogP contribution in [0.1, 0.15) is 44.6 Å². The zero-order chi connectivity index (χ0) is 21.8. The van der Waals surface area contributed by atoms with Crippen LogP contribution in [0.25, 0.3) is 10.9 Å². The second-order valence-corrected chi connectivity index (χ2v) is 7.88. The Morgan fingerprint density at radius 3 is 2.41 bits per heavy atom. The molecule has 0 aliphatic rings. The molecule has 1 aromatic heterocycles. The van der Waals surface area contributed by atoms with E-state index >= 15 is 0 Å². The molecule has 0 bridgehead atoms. The number of aromatic nitrogens is 1. The predicted molar refractivity (Wildman–Crippen MR) is 108 cm³/mol. The van der Waals surface area contributed by atoms with Gasteiger partial charge in [-0.05, 0) is 39.8 Å². The zero-order valence-electron chi connectivity index (χ0n) is 17.3. The molecule has 2 atom stereocenters. The first-order valence-corrected chi connectivity index (χ1v) is 9.34. The molecule has 156 valence electrons. The number of benzene rings is 1. The molecule has 0 radical (unpaired) electrons. The molecule has 0 spiro atoms. The van der Waals surface area contributed by atoms with Crippen LogP contribution in [0, 0.1) is 0 Å². The Kier molecular flexibility index (Phi) is 6.79. The van der Waals surface area contributed by atoms with E-state index in [0.29, 0.717) is 12.0 Å². The highest BCUT2D eigenvalue weighted by atomic mass is 16.6. The lowest BCUT2D eigenvalue weighted by molar-refractivity contribution is -0.155. The van der Waals surface area contributed by atoms with Gasteiger partial charge in [0.25, 0.3) is 5.91 Å². The highest BCUT2D eigenvalue weighted by Gasteiger charge is 2.24. The molecule has 2 rings (SSSR count). The number of amides is 2. The summed E-state index contributed by atoms with van der Waals surface area (Å²) in [6.45, 7) is 6.64. The minimum absolute atomic E-state index is 0.281. The SMILES string of the molecule is C[C@H](NC(=O)c1cc2ccccc2n1C)C(=O)N[C@H](C=O)CC(=O)OC(C)(C)C. The third-order valence-electron chi connectivity index (χ3n) is 4.22. The Morgan fingerprint density at radius 2 is 1.83 bits per heavy atom. The summed E-state index contributed by atoms with van der Waals surface area (Å²) in [5.74, 6) is -1.58. The van der Waals surface area contributed by atoms with Gasteiger partial charge in [-0.1, -0.05) is 18.2 Å². The number of carbonyl (C=O) groups excluding carboxylic acids is 4. The van der Waals surface area contributed by atoms with Gasteiger partial charge < -0.3 is 24.7 Å².